The first-order valence-corrected chi connectivity index (χ1v) is 7.63. The molecule has 0 unspecified atom stereocenters. The van der Waals surface area contributed by atoms with Crippen LogP contribution in [0.1, 0.15) is 5.69 Å². The van der Waals surface area contributed by atoms with Crippen molar-refractivity contribution in [3.63, 3.8) is 0 Å². The van der Waals surface area contributed by atoms with Crippen LogP contribution in [0, 0.1) is 5.82 Å². The Kier molecular flexibility index (Phi) is 3.63. The lowest BCUT2D eigenvalue weighted by molar-refractivity contribution is 0.628. The van der Waals surface area contributed by atoms with Gasteiger partial charge in [0.25, 0.3) is 0 Å². The highest BCUT2D eigenvalue weighted by molar-refractivity contribution is 5.90. The van der Waals surface area contributed by atoms with Crippen LogP contribution in [0.25, 0.3) is 16.9 Å². The molecule has 0 aliphatic carbocycles. The quantitative estimate of drug-likeness (QED) is 0.495. The second-order valence-electron chi connectivity index (χ2n) is 5.38. The van der Waals surface area contributed by atoms with E-state index in [9.17, 15) is 4.39 Å². The molecule has 0 spiro atoms. The first kappa shape index (κ1) is 14.3. The Morgan fingerprint density at radius 1 is 0.917 bits per heavy atom. The van der Waals surface area contributed by atoms with Gasteiger partial charge in [-0.2, -0.15) is 0 Å². The Hall–Kier alpha value is -3.27. The Morgan fingerprint density at radius 3 is 2.58 bits per heavy atom. The number of halogens is 1. The second-order valence-corrected chi connectivity index (χ2v) is 5.38. The SMILES string of the molecule is Fc1cccc(N=Cc2nc(-c3ccccc3)n3ccccc23)c1. The van der Waals surface area contributed by atoms with Crippen LogP contribution in [0.15, 0.2) is 84.0 Å². The topological polar surface area (TPSA) is 29.7 Å². The number of fused-ring (bicyclic) bond motifs is 1. The minimum absolute atomic E-state index is 0.302. The summed E-state index contributed by atoms with van der Waals surface area (Å²) in [5.41, 5.74) is 3.30. The van der Waals surface area contributed by atoms with E-state index in [4.69, 9.17) is 4.98 Å². The number of hydrogen-bond acceptors (Lipinski definition) is 2. The van der Waals surface area contributed by atoms with Crippen molar-refractivity contribution in [3.8, 4) is 11.4 Å². The van der Waals surface area contributed by atoms with Crippen LogP contribution in [0.2, 0.25) is 0 Å². The van der Waals surface area contributed by atoms with Gasteiger partial charge in [-0.3, -0.25) is 9.39 Å². The highest BCUT2D eigenvalue weighted by Gasteiger charge is 2.10. The maximum absolute atomic E-state index is 13.3. The van der Waals surface area contributed by atoms with Crippen LogP contribution >= 0.6 is 0 Å². The molecule has 2 aromatic heterocycles. The van der Waals surface area contributed by atoms with Crippen molar-refractivity contribution in [2.24, 2.45) is 4.99 Å². The van der Waals surface area contributed by atoms with Crippen LogP contribution < -0.4 is 0 Å². The summed E-state index contributed by atoms with van der Waals surface area (Å²) in [6.45, 7) is 0. The number of benzene rings is 2. The molecule has 0 radical (unpaired) electrons. The van der Waals surface area contributed by atoms with E-state index in [1.807, 2.05) is 59.1 Å². The van der Waals surface area contributed by atoms with E-state index in [1.54, 1.807) is 18.3 Å². The zero-order valence-electron chi connectivity index (χ0n) is 12.8. The standard InChI is InChI=1S/C20H14FN3/c21-16-9-6-10-17(13-16)22-14-18-19-11-4-5-12-24(19)20(23-18)15-7-2-1-3-8-15/h1-14H. The molecule has 2 heterocycles. The highest BCUT2D eigenvalue weighted by Crippen LogP contribution is 2.22. The summed E-state index contributed by atoms with van der Waals surface area (Å²) in [7, 11) is 0. The molecule has 4 rings (SSSR count). The maximum atomic E-state index is 13.3. The van der Waals surface area contributed by atoms with Gasteiger partial charge in [0.15, 0.2) is 0 Å². The molecule has 3 nitrogen and oxygen atoms in total. The first-order chi connectivity index (χ1) is 11.8. The fourth-order valence-electron chi connectivity index (χ4n) is 2.64. The van der Waals surface area contributed by atoms with Gasteiger partial charge < -0.3 is 0 Å². The largest absolute Gasteiger partial charge is 0.299 e. The van der Waals surface area contributed by atoms with Gasteiger partial charge in [0.2, 0.25) is 0 Å². The van der Waals surface area contributed by atoms with E-state index in [0.29, 0.717) is 5.69 Å². The lowest BCUT2D eigenvalue weighted by atomic mass is 10.2. The molecule has 0 saturated carbocycles. The van der Waals surface area contributed by atoms with Crippen LogP contribution in [-0.2, 0) is 0 Å². The molecule has 0 bridgehead atoms. The van der Waals surface area contributed by atoms with Crippen LogP contribution in [0.4, 0.5) is 10.1 Å². The molecule has 0 atom stereocenters. The Morgan fingerprint density at radius 2 is 1.75 bits per heavy atom. The molecular formula is C20H14FN3. The fourth-order valence-corrected chi connectivity index (χ4v) is 2.64. The highest BCUT2D eigenvalue weighted by atomic mass is 19.1. The van der Waals surface area contributed by atoms with Crippen LogP contribution in [0.5, 0.6) is 0 Å². The van der Waals surface area contributed by atoms with Gasteiger partial charge in [-0.15, -0.1) is 0 Å². The summed E-state index contributed by atoms with van der Waals surface area (Å²) in [6, 6.07) is 22.1. The molecule has 0 aliphatic heterocycles. The number of hydrogen-bond donors (Lipinski definition) is 0. The van der Waals surface area contributed by atoms with Gasteiger partial charge in [-0.25, -0.2) is 9.37 Å². The molecule has 4 aromatic rings. The minimum atomic E-state index is -0.302. The van der Waals surface area contributed by atoms with E-state index in [2.05, 4.69) is 4.99 Å². The van der Waals surface area contributed by atoms with E-state index in [1.165, 1.54) is 12.1 Å². The minimum Gasteiger partial charge on any atom is -0.299 e. The van der Waals surface area contributed by atoms with Crippen LogP contribution in [-0.4, -0.2) is 15.6 Å². The molecule has 0 amide bonds. The second kappa shape index (κ2) is 6.08. The average molecular weight is 315 g/mol. The van der Waals surface area contributed by atoms with E-state index >= 15 is 0 Å². The van der Waals surface area contributed by atoms with Crippen LogP contribution in [0.3, 0.4) is 0 Å². The number of aliphatic imine (C=N–C) groups is 1. The molecule has 4 heteroatoms. The number of imidazole rings is 1. The third-order valence-corrected chi connectivity index (χ3v) is 3.75. The molecule has 0 saturated heterocycles. The summed E-state index contributed by atoms with van der Waals surface area (Å²) in [5.74, 6) is 0.552. The monoisotopic (exact) mass is 315 g/mol. The molecule has 2 aromatic carbocycles. The predicted octanol–water partition coefficient (Wildman–Crippen LogP) is 4.89. The molecule has 0 fully saturated rings. The lowest BCUT2D eigenvalue weighted by Crippen LogP contribution is -1.87. The summed E-state index contributed by atoms with van der Waals surface area (Å²) in [5, 5.41) is 0. The Balaban J connectivity index is 1.82. The third-order valence-electron chi connectivity index (χ3n) is 3.75. The van der Waals surface area contributed by atoms with Crippen molar-refractivity contribution in [2.75, 3.05) is 0 Å². The Bertz CT molecular complexity index is 1020. The van der Waals surface area contributed by atoms with Crippen molar-refractivity contribution in [2.45, 2.75) is 0 Å². The molecule has 0 N–H and O–H groups in total. The van der Waals surface area contributed by atoms with Gasteiger partial charge >= 0.3 is 0 Å². The van der Waals surface area contributed by atoms with Gasteiger partial charge in [0.05, 0.1) is 17.4 Å². The molecular weight excluding hydrogens is 301 g/mol. The van der Waals surface area contributed by atoms with Crippen molar-refractivity contribution in [1.82, 2.24) is 9.38 Å². The normalized spacial score (nSPS) is 11.4. The number of aromatic nitrogens is 2. The molecule has 24 heavy (non-hydrogen) atoms. The maximum Gasteiger partial charge on any atom is 0.145 e. The van der Waals surface area contributed by atoms with E-state index in [-0.39, 0.29) is 5.82 Å². The number of pyridine rings is 1. The van der Waals surface area contributed by atoms with Gasteiger partial charge in [-0.05, 0) is 30.3 Å². The summed E-state index contributed by atoms with van der Waals surface area (Å²) < 4.78 is 15.3. The van der Waals surface area contributed by atoms with E-state index in [0.717, 1.165) is 22.6 Å². The Labute approximate surface area is 138 Å². The fraction of sp³-hybridized carbons (Fsp3) is 0. The number of nitrogens with zero attached hydrogens (tertiary/aromatic N) is 3. The van der Waals surface area contributed by atoms with Crippen molar-refractivity contribution >= 4 is 17.4 Å². The van der Waals surface area contributed by atoms with E-state index < -0.39 is 0 Å². The van der Waals surface area contributed by atoms with Crippen molar-refractivity contribution in [3.05, 3.63) is 90.5 Å². The zero-order valence-corrected chi connectivity index (χ0v) is 12.8. The summed E-state index contributed by atoms with van der Waals surface area (Å²) in [4.78, 5) is 9.07. The smallest absolute Gasteiger partial charge is 0.145 e. The first-order valence-electron chi connectivity index (χ1n) is 7.63. The summed E-state index contributed by atoms with van der Waals surface area (Å²) in [6.07, 6.45) is 3.65. The van der Waals surface area contributed by atoms with Gasteiger partial charge in [0, 0.05) is 11.8 Å². The molecule has 116 valence electrons. The van der Waals surface area contributed by atoms with Crippen molar-refractivity contribution < 1.29 is 4.39 Å². The predicted molar refractivity (Wildman–Crippen MR) is 94.3 cm³/mol. The van der Waals surface area contributed by atoms with Gasteiger partial charge in [0.1, 0.15) is 17.3 Å². The number of rotatable bonds is 3. The molecule has 0 aliphatic rings. The average Bonchev–Trinajstić information content (AvgIpc) is 3.00. The lowest BCUT2D eigenvalue weighted by Gasteiger charge is -1.99. The zero-order chi connectivity index (χ0) is 16.4. The van der Waals surface area contributed by atoms with Gasteiger partial charge in [-0.1, -0.05) is 42.5 Å². The van der Waals surface area contributed by atoms with Crippen molar-refractivity contribution in [1.29, 1.82) is 0 Å². The third kappa shape index (κ3) is 2.70. The summed E-state index contributed by atoms with van der Waals surface area (Å²) >= 11 is 0.